The quantitative estimate of drug-likeness (QED) is 0.787. The van der Waals surface area contributed by atoms with Gasteiger partial charge in [0.15, 0.2) is 0 Å². The largest absolute Gasteiger partial charge is 0.338 e. The smallest absolute Gasteiger partial charge is 0.329 e. The van der Waals surface area contributed by atoms with Gasteiger partial charge in [-0.05, 0) is 5.56 Å². The van der Waals surface area contributed by atoms with E-state index < -0.39 is 11.9 Å². The topological polar surface area (TPSA) is 66.9 Å². The summed E-state index contributed by atoms with van der Waals surface area (Å²) in [5.41, 5.74) is 0.949. The summed E-state index contributed by atoms with van der Waals surface area (Å²) >= 11 is 0. The van der Waals surface area contributed by atoms with E-state index in [9.17, 15) is 14.4 Å². The van der Waals surface area contributed by atoms with E-state index in [0.717, 1.165) is 10.6 Å². The van der Waals surface area contributed by atoms with Crippen LogP contribution >= 0.6 is 0 Å². The second-order valence-electron chi connectivity index (χ2n) is 4.25. The Bertz CT molecular complexity index is 501. The number of amides is 2. The molecule has 1 heterocycles. The zero-order chi connectivity index (χ0) is 13.8. The van der Waals surface area contributed by atoms with Crippen molar-refractivity contribution in [3.8, 4) is 0 Å². The van der Waals surface area contributed by atoms with Crippen molar-refractivity contribution in [3.63, 3.8) is 0 Å². The van der Waals surface area contributed by atoms with Crippen LogP contribution in [0.15, 0.2) is 30.3 Å². The minimum atomic E-state index is -0.613. The highest BCUT2D eigenvalue weighted by Gasteiger charge is 2.31. The molecular weight excluding hydrogens is 248 g/mol. The lowest BCUT2D eigenvalue weighted by Gasteiger charge is -2.32. The number of benzene rings is 1. The van der Waals surface area contributed by atoms with Crippen LogP contribution < -0.4 is 0 Å². The van der Waals surface area contributed by atoms with Crippen LogP contribution in [0.25, 0.3) is 0 Å². The molecule has 2 rings (SSSR count). The molecule has 1 aromatic rings. The van der Waals surface area contributed by atoms with Gasteiger partial charge in [0.05, 0.1) is 0 Å². The maximum atomic E-state index is 11.9. The first-order valence-electron chi connectivity index (χ1n) is 5.87. The van der Waals surface area contributed by atoms with Gasteiger partial charge in [-0.25, -0.2) is 0 Å². The van der Waals surface area contributed by atoms with Gasteiger partial charge in [-0.1, -0.05) is 30.3 Å². The Hall–Kier alpha value is -2.37. The van der Waals surface area contributed by atoms with Crippen molar-refractivity contribution < 1.29 is 19.2 Å². The standard InChI is InChI=1S/C13H14N2O4/c1-10(16)19-15-9-12(17)14(8-13(15)18)7-11-5-3-2-4-6-11/h2-6H,7-9H2,1H3. The molecule has 1 aliphatic rings. The number of hydroxylamine groups is 2. The molecule has 100 valence electrons. The Labute approximate surface area is 110 Å². The molecule has 0 saturated carbocycles. The molecule has 0 radical (unpaired) electrons. The summed E-state index contributed by atoms with van der Waals surface area (Å²) in [6.45, 7) is 1.25. The lowest BCUT2D eigenvalue weighted by atomic mass is 10.2. The summed E-state index contributed by atoms with van der Waals surface area (Å²) in [6.07, 6.45) is 0. The number of nitrogens with zero attached hydrogens (tertiary/aromatic N) is 2. The SMILES string of the molecule is CC(=O)ON1CC(=O)N(Cc2ccccc2)CC1=O. The van der Waals surface area contributed by atoms with Crippen LogP contribution in [0.1, 0.15) is 12.5 Å². The van der Waals surface area contributed by atoms with Gasteiger partial charge in [-0.2, -0.15) is 5.06 Å². The Morgan fingerprint density at radius 1 is 1.16 bits per heavy atom. The number of carbonyl (C=O) groups excluding carboxylic acids is 3. The van der Waals surface area contributed by atoms with Crippen LogP contribution in [0.3, 0.4) is 0 Å². The summed E-state index contributed by atoms with van der Waals surface area (Å²) in [5.74, 6) is -1.26. The van der Waals surface area contributed by atoms with Crippen molar-refractivity contribution in [2.75, 3.05) is 13.1 Å². The Morgan fingerprint density at radius 3 is 2.47 bits per heavy atom. The molecule has 1 aliphatic heterocycles. The second kappa shape index (κ2) is 5.51. The first-order chi connectivity index (χ1) is 9.06. The molecule has 6 nitrogen and oxygen atoms in total. The predicted octanol–water partition coefficient (Wildman–Crippen LogP) is 0.335. The molecule has 0 unspecified atom stereocenters. The molecule has 6 heteroatoms. The Kier molecular flexibility index (Phi) is 3.79. The minimum absolute atomic E-state index is 0.0823. The van der Waals surface area contributed by atoms with Crippen LogP contribution in [0, 0.1) is 0 Å². The maximum Gasteiger partial charge on any atom is 0.329 e. The minimum Gasteiger partial charge on any atom is -0.338 e. The monoisotopic (exact) mass is 262 g/mol. The van der Waals surface area contributed by atoms with Crippen LogP contribution in [-0.2, 0) is 25.8 Å². The Morgan fingerprint density at radius 2 is 1.84 bits per heavy atom. The first-order valence-corrected chi connectivity index (χ1v) is 5.87. The number of hydrogen-bond acceptors (Lipinski definition) is 4. The van der Waals surface area contributed by atoms with E-state index >= 15 is 0 Å². The van der Waals surface area contributed by atoms with E-state index in [0.29, 0.717) is 6.54 Å². The van der Waals surface area contributed by atoms with E-state index in [1.54, 1.807) is 0 Å². The highest BCUT2D eigenvalue weighted by molar-refractivity contribution is 5.92. The van der Waals surface area contributed by atoms with Gasteiger partial charge in [0.1, 0.15) is 13.1 Å². The highest BCUT2D eigenvalue weighted by atomic mass is 16.7. The lowest BCUT2D eigenvalue weighted by molar-refractivity contribution is -0.204. The van der Waals surface area contributed by atoms with Crippen molar-refractivity contribution in [1.29, 1.82) is 0 Å². The molecule has 19 heavy (non-hydrogen) atoms. The number of carbonyl (C=O) groups is 3. The molecular formula is C13H14N2O4. The molecule has 1 fully saturated rings. The predicted molar refractivity (Wildman–Crippen MR) is 65.3 cm³/mol. The van der Waals surface area contributed by atoms with Crippen LogP contribution in [0.5, 0.6) is 0 Å². The summed E-state index contributed by atoms with van der Waals surface area (Å²) in [6, 6.07) is 9.40. The van der Waals surface area contributed by atoms with E-state index in [1.165, 1.54) is 11.8 Å². The molecule has 1 saturated heterocycles. The van der Waals surface area contributed by atoms with Crippen LogP contribution in [0.2, 0.25) is 0 Å². The third-order valence-corrected chi connectivity index (χ3v) is 2.69. The fourth-order valence-electron chi connectivity index (χ4n) is 1.83. The van der Waals surface area contributed by atoms with Crippen LogP contribution in [0.4, 0.5) is 0 Å². The van der Waals surface area contributed by atoms with Crippen molar-refractivity contribution in [3.05, 3.63) is 35.9 Å². The fraction of sp³-hybridized carbons (Fsp3) is 0.308. The highest BCUT2D eigenvalue weighted by Crippen LogP contribution is 2.10. The van der Waals surface area contributed by atoms with Gasteiger partial charge in [0, 0.05) is 13.5 Å². The van der Waals surface area contributed by atoms with Crippen molar-refractivity contribution in [2.24, 2.45) is 0 Å². The number of rotatable bonds is 3. The van der Waals surface area contributed by atoms with E-state index in [-0.39, 0.29) is 19.0 Å². The van der Waals surface area contributed by atoms with Crippen molar-refractivity contribution in [1.82, 2.24) is 9.96 Å². The molecule has 2 amide bonds. The average molecular weight is 262 g/mol. The number of hydrogen-bond donors (Lipinski definition) is 0. The normalized spacial score (nSPS) is 15.6. The van der Waals surface area contributed by atoms with Gasteiger partial charge < -0.3 is 9.74 Å². The first kappa shape index (κ1) is 13.1. The number of piperazine rings is 1. The lowest BCUT2D eigenvalue weighted by Crippen LogP contribution is -2.53. The molecule has 0 aromatic heterocycles. The summed E-state index contributed by atoms with van der Waals surface area (Å²) < 4.78 is 0. The summed E-state index contributed by atoms with van der Waals surface area (Å²) in [4.78, 5) is 40.5. The third-order valence-electron chi connectivity index (χ3n) is 2.69. The van der Waals surface area contributed by atoms with Crippen molar-refractivity contribution in [2.45, 2.75) is 13.5 Å². The second-order valence-corrected chi connectivity index (χ2v) is 4.25. The van der Waals surface area contributed by atoms with Crippen molar-refractivity contribution >= 4 is 17.8 Å². The molecule has 1 aromatic carbocycles. The molecule has 0 aliphatic carbocycles. The third kappa shape index (κ3) is 3.31. The molecule has 0 atom stereocenters. The summed E-state index contributed by atoms with van der Waals surface area (Å²) in [7, 11) is 0. The van der Waals surface area contributed by atoms with Gasteiger partial charge in [-0.3, -0.25) is 14.4 Å². The van der Waals surface area contributed by atoms with Crippen LogP contribution in [-0.4, -0.2) is 40.8 Å². The van der Waals surface area contributed by atoms with Gasteiger partial charge in [0.25, 0.3) is 5.91 Å². The zero-order valence-corrected chi connectivity index (χ0v) is 10.5. The molecule has 0 spiro atoms. The molecule has 0 bridgehead atoms. The van der Waals surface area contributed by atoms with E-state index in [1.807, 2.05) is 30.3 Å². The van der Waals surface area contributed by atoms with Gasteiger partial charge >= 0.3 is 5.97 Å². The molecule has 0 N–H and O–H groups in total. The van der Waals surface area contributed by atoms with E-state index in [4.69, 9.17) is 0 Å². The fourth-order valence-corrected chi connectivity index (χ4v) is 1.83. The zero-order valence-electron chi connectivity index (χ0n) is 10.5. The van der Waals surface area contributed by atoms with E-state index in [2.05, 4.69) is 4.84 Å². The summed E-state index contributed by atoms with van der Waals surface area (Å²) in [5, 5.41) is 0.812. The van der Waals surface area contributed by atoms with Gasteiger partial charge in [-0.15, -0.1) is 0 Å². The Balaban J connectivity index is 2.00. The maximum absolute atomic E-state index is 11.9. The van der Waals surface area contributed by atoms with Gasteiger partial charge in [0.2, 0.25) is 5.91 Å². The average Bonchev–Trinajstić information content (AvgIpc) is 2.36.